The smallest absolute Gasteiger partial charge is 0.165 e. The van der Waals surface area contributed by atoms with Crippen LogP contribution in [0.1, 0.15) is 19.4 Å². The fourth-order valence-electron chi connectivity index (χ4n) is 1.45. The summed E-state index contributed by atoms with van der Waals surface area (Å²) in [6.07, 6.45) is -0.632. The largest absolute Gasteiger partial charge is 0.487 e. The average Bonchev–Trinajstić information content (AvgIpc) is 2.39. The highest BCUT2D eigenvalue weighted by molar-refractivity contribution is 7.80. The van der Waals surface area contributed by atoms with Gasteiger partial charge < -0.3 is 14.6 Å². The molecule has 0 aliphatic carbocycles. The van der Waals surface area contributed by atoms with Gasteiger partial charge in [0.15, 0.2) is 5.05 Å². The molecule has 100 valence electrons. The first kappa shape index (κ1) is 15.1. The van der Waals surface area contributed by atoms with Crippen LogP contribution in [0, 0.1) is 5.92 Å². The molecule has 1 N–H and O–H groups in total. The summed E-state index contributed by atoms with van der Waals surface area (Å²) in [6, 6.07) is 9.85. The Morgan fingerprint density at radius 3 is 2.61 bits per heavy atom. The molecule has 0 amide bonds. The zero-order valence-electron chi connectivity index (χ0n) is 10.8. The van der Waals surface area contributed by atoms with E-state index >= 15 is 0 Å². The van der Waals surface area contributed by atoms with Gasteiger partial charge in [-0.2, -0.15) is 0 Å². The van der Waals surface area contributed by atoms with Crippen LogP contribution >= 0.6 is 12.2 Å². The monoisotopic (exact) mass is 268 g/mol. The topological polar surface area (TPSA) is 38.7 Å². The molecule has 0 aliphatic rings. The van der Waals surface area contributed by atoms with Gasteiger partial charge in [-0.15, -0.1) is 0 Å². The molecule has 2 unspecified atom stereocenters. The van der Waals surface area contributed by atoms with Gasteiger partial charge in [0.25, 0.3) is 0 Å². The van der Waals surface area contributed by atoms with Gasteiger partial charge in [-0.05, 0) is 24.7 Å². The highest BCUT2D eigenvalue weighted by Crippen LogP contribution is 2.09. The third-order valence-corrected chi connectivity index (χ3v) is 3.13. The summed E-state index contributed by atoms with van der Waals surface area (Å²) >= 11 is 5.06. The fourth-order valence-corrected chi connectivity index (χ4v) is 1.72. The van der Waals surface area contributed by atoms with Crippen molar-refractivity contribution in [2.45, 2.75) is 26.6 Å². The Balaban J connectivity index is 2.28. The minimum Gasteiger partial charge on any atom is -0.487 e. The van der Waals surface area contributed by atoms with E-state index in [2.05, 4.69) is 0 Å². The molecule has 0 aliphatic heterocycles. The number of benzene rings is 1. The molecule has 1 aromatic rings. The van der Waals surface area contributed by atoms with E-state index in [9.17, 15) is 5.11 Å². The quantitative estimate of drug-likeness (QED) is 0.771. The standard InChI is InChI=1S/C14H20O3S/c1-3-17-14(18)11(2)13(15)10-16-9-12-7-5-4-6-8-12/h4-8,11,13,15H,3,9-10H2,1-2H3. The molecule has 0 radical (unpaired) electrons. The van der Waals surface area contributed by atoms with Crippen LogP contribution in [-0.2, 0) is 16.1 Å². The van der Waals surface area contributed by atoms with Crippen molar-refractivity contribution in [1.82, 2.24) is 0 Å². The van der Waals surface area contributed by atoms with Crippen LogP contribution in [-0.4, -0.2) is 29.5 Å². The summed E-state index contributed by atoms with van der Waals surface area (Å²) in [4.78, 5) is 0. The molecule has 0 fully saturated rings. The van der Waals surface area contributed by atoms with Crippen molar-refractivity contribution in [3.05, 3.63) is 35.9 Å². The minimum absolute atomic E-state index is 0.198. The van der Waals surface area contributed by atoms with Crippen LogP contribution in [0.15, 0.2) is 30.3 Å². The maximum atomic E-state index is 9.90. The Kier molecular flexibility index (Phi) is 6.86. The van der Waals surface area contributed by atoms with Gasteiger partial charge in [0.05, 0.1) is 31.8 Å². The van der Waals surface area contributed by atoms with Crippen molar-refractivity contribution < 1.29 is 14.6 Å². The van der Waals surface area contributed by atoms with Crippen molar-refractivity contribution >= 4 is 17.3 Å². The SMILES string of the molecule is CCOC(=S)C(C)C(O)COCc1ccccc1. The zero-order chi connectivity index (χ0) is 13.4. The molecule has 1 aromatic carbocycles. The van der Waals surface area contributed by atoms with Crippen LogP contribution in [0.4, 0.5) is 0 Å². The van der Waals surface area contributed by atoms with E-state index in [-0.39, 0.29) is 12.5 Å². The number of thiocarbonyl (C=S) groups is 1. The molecular weight excluding hydrogens is 248 g/mol. The van der Waals surface area contributed by atoms with Gasteiger partial charge in [-0.3, -0.25) is 0 Å². The Morgan fingerprint density at radius 2 is 2.00 bits per heavy atom. The minimum atomic E-state index is -0.632. The molecule has 0 bridgehead atoms. The van der Waals surface area contributed by atoms with Gasteiger partial charge in [-0.1, -0.05) is 37.3 Å². The summed E-state index contributed by atoms with van der Waals surface area (Å²) in [7, 11) is 0. The molecule has 18 heavy (non-hydrogen) atoms. The second-order valence-corrected chi connectivity index (χ2v) is 4.51. The first-order chi connectivity index (χ1) is 8.65. The number of ether oxygens (including phenoxy) is 2. The first-order valence-electron chi connectivity index (χ1n) is 6.11. The van der Waals surface area contributed by atoms with Gasteiger partial charge in [0, 0.05) is 0 Å². The molecule has 1 rings (SSSR count). The lowest BCUT2D eigenvalue weighted by molar-refractivity contribution is 0.0119. The lowest BCUT2D eigenvalue weighted by atomic mass is 10.1. The predicted octanol–water partition coefficient (Wildman–Crippen LogP) is 2.56. The average molecular weight is 268 g/mol. The van der Waals surface area contributed by atoms with Gasteiger partial charge in [-0.25, -0.2) is 0 Å². The molecule has 4 heteroatoms. The summed E-state index contributed by atoms with van der Waals surface area (Å²) in [5.41, 5.74) is 1.09. The number of aliphatic hydroxyl groups excluding tert-OH is 1. The van der Waals surface area contributed by atoms with Crippen LogP contribution in [0.3, 0.4) is 0 Å². The highest BCUT2D eigenvalue weighted by atomic mass is 32.1. The second kappa shape index (κ2) is 8.19. The fraction of sp³-hybridized carbons (Fsp3) is 0.500. The molecule has 0 heterocycles. The van der Waals surface area contributed by atoms with Gasteiger partial charge in [0.1, 0.15) is 0 Å². The number of hydrogen-bond donors (Lipinski definition) is 1. The summed E-state index contributed by atoms with van der Waals surface area (Å²) < 4.78 is 10.7. The lowest BCUT2D eigenvalue weighted by Gasteiger charge is -2.19. The zero-order valence-corrected chi connectivity index (χ0v) is 11.7. The van der Waals surface area contributed by atoms with E-state index < -0.39 is 6.10 Å². The van der Waals surface area contributed by atoms with Gasteiger partial charge in [0.2, 0.25) is 0 Å². The molecule has 0 spiro atoms. The van der Waals surface area contributed by atoms with E-state index in [4.69, 9.17) is 21.7 Å². The second-order valence-electron chi connectivity index (χ2n) is 4.11. The first-order valence-corrected chi connectivity index (χ1v) is 6.52. The van der Waals surface area contributed by atoms with Gasteiger partial charge >= 0.3 is 0 Å². The van der Waals surface area contributed by atoms with Crippen molar-refractivity contribution in [3.8, 4) is 0 Å². The highest BCUT2D eigenvalue weighted by Gasteiger charge is 2.19. The number of rotatable bonds is 7. The molecule has 0 saturated heterocycles. The number of hydrogen-bond acceptors (Lipinski definition) is 4. The van der Waals surface area contributed by atoms with Crippen molar-refractivity contribution in [2.75, 3.05) is 13.2 Å². The third kappa shape index (κ3) is 5.12. The van der Waals surface area contributed by atoms with E-state index in [1.807, 2.05) is 44.2 Å². The Hall–Kier alpha value is -0.970. The molecule has 2 atom stereocenters. The van der Waals surface area contributed by atoms with Crippen LogP contribution in [0.25, 0.3) is 0 Å². The molecule has 0 saturated carbocycles. The normalized spacial score (nSPS) is 13.9. The third-order valence-electron chi connectivity index (χ3n) is 2.64. The predicted molar refractivity (Wildman–Crippen MR) is 75.5 cm³/mol. The Bertz CT molecular complexity index is 353. The summed E-state index contributed by atoms with van der Waals surface area (Å²) in [5.74, 6) is -0.198. The maximum absolute atomic E-state index is 9.90. The van der Waals surface area contributed by atoms with Crippen LogP contribution in [0.2, 0.25) is 0 Å². The van der Waals surface area contributed by atoms with E-state index in [1.165, 1.54) is 0 Å². The molecule has 0 aromatic heterocycles. The summed E-state index contributed by atoms with van der Waals surface area (Å²) in [6.45, 7) is 4.99. The van der Waals surface area contributed by atoms with E-state index in [0.717, 1.165) is 5.56 Å². The van der Waals surface area contributed by atoms with Crippen molar-refractivity contribution in [2.24, 2.45) is 5.92 Å². The maximum Gasteiger partial charge on any atom is 0.165 e. The van der Waals surface area contributed by atoms with Crippen molar-refractivity contribution in [1.29, 1.82) is 0 Å². The Morgan fingerprint density at radius 1 is 1.33 bits per heavy atom. The lowest BCUT2D eigenvalue weighted by Crippen LogP contribution is -2.30. The van der Waals surface area contributed by atoms with Crippen LogP contribution < -0.4 is 0 Å². The van der Waals surface area contributed by atoms with E-state index in [0.29, 0.717) is 18.3 Å². The van der Waals surface area contributed by atoms with E-state index in [1.54, 1.807) is 0 Å². The molecular formula is C14H20O3S. The summed E-state index contributed by atoms with van der Waals surface area (Å²) in [5, 5.41) is 10.3. The van der Waals surface area contributed by atoms with Crippen molar-refractivity contribution in [3.63, 3.8) is 0 Å². The Labute approximate surface area is 114 Å². The van der Waals surface area contributed by atoms with Crippen LogP contribution in [0.5, 0.6) is 0 Å². The number of aliphatic hydroxyl groups is 1. The molecule has 3 nitrogen and oxygen atoms in total.